The first-order valence-electron chi connectivity index (χ1n) is 7.66. The van der Waals surface area contributed by atoms with Crippen molar-refractivity contribution < 1.29 is 4.74 Å². The van der Waals surface area contributed by atoms with Crippen molar-refractivity contribution in [3.05, 3.63) is 0 Å². The first kappa shape index (κ1) is 10.8. The smallest absolute Gasteiger partial charge is 0.0644 e. The van der Waals surface area contributed by atoms with Crippen LogP contribution in [-0.2, 0) is 4.74 Å². The molecular formula is C15H25NO. The second-order valence-corrected chi connectivity index (χ2v) is 7.18. The molecule has 1 unspecified atom stereocenters. The van der Waals surface area contributed by atoms with Crippen LogP contribution >= 0.6 is 0 Å². The zero-order chi connectivity index (χ0) is 11.3. The lowest BCUT2D eigenvalue weighted by molar-refractivity contribution is -0.139. The van der Waals surface area contributed by atoms with E-state index in [0.717, 1.165) is 30.9 Å². The van der Waals surface area contributed by atoms with Crippen molar-refractivity contribution >= 4 is 0 Å². The summed E-state index contributed by atoms with van der Waals surface area (Å²) in [7, 11) is 0. The first-order valence-corrected chi connectivity index (χ1v) is 7.66. The van der Waals surface area contributed by atoms with Gasteiger partial charge in [-0.1, -0.05) is 0 Å². The third-order valence-corrected chi connectivity index (χ3v) is 5.95. The van der Waals surface area contributed by atoms with E-state index in [4.69, 9.17) is 4.74 Å². The van der Waals surface area contributed by atoms with E-state index in [0.29, 0.717) is 11.5 Å². The average molecular weight is 235 g/mol. The Labute approximate surface area is 104 Å². The molecule has 0 aromatic carbocycles. The monoisotopic (exact) mass is 235 g/mol. The predicted octanol–water partition coefficient (Wildman–Crippen LogP) is 2.58. The summed E-state index contributed by atoms with van der Waals surface area (Å²) in [5.41, 5.74) is 0.598. The topological polar surface area (TPSA) is 21.3 Å². The van der Waals surface area contributed by atoms with Gasteiger partial charge in [-0.05, 0) is 74.7 Å². The Morgan fingerprint density at radius 3 is 2.18 bits per heavy atom. The van der Waals surface area contributed by atoms with Gasteiger partial charge >= 0.3 is 0 Å². The van der Waals surface area contributed by atoms with E-state index < -0.39 is 0 Å². The molecule has 5 fully saturated rings. The van der Waals surface area contributed by atoms with Gasteiger partial charge in [0.15, 0.2) is 0 Å². The van der Waals surface area contributed by atoms with Crippen LogP contribution in [0.25, 0.3) is 0 Å². The van der Waals surface area contributed by atoms with E-state index in [2.05, 4.69) is 5.32 Å². The predicted molar refractivity (Wildman–Crippen MR) is 67.8 cm³/mol. The highest BCUT2D eigenvalue weighted by atomic mass is 16.5. The average Bonchev–Trinajstić information content (AvgIpc) is 2.55. The van der Waals surface area contributed by atoms with Crippen LogP contribution in [0.3, 0.4) is 0 Å². The van der Waals surface area contributed by atoms with Crippen LogP contribution in [0.5, 0.6) is 0 Å². The van der Waals surface area contributed by atoms with E-state index in [9.17, 15) is 0 Å². The summed E-state index contributed by atoms with van der Waals surface area (Å²) >= 11 is 0. The van der Waals surface area contributed by atoms with Crippen LogP contribution in [0.4, 0.5) is 0 Å². The van der Waals surface area contributed by atoms with Crippen LogP contribution in [0, 0.1) is 23.2 Å². The highest BCUT2D eigenvalue weighted by molar-refractivity contribution is 5.04. The molecule has 0 spiro atoms. The second-order valence-electron chi connectivity index (χ2n) is 7.18. The Morgan fingerprint density at radius 1 is 0.882 bits per heavy atom. The molecule has 1 heterocycles. The zero-order valence-electron chi connectivity index (χ0n) is 10.8. The molecule has 0 aromatic heterocycles. The summed E-state index contributed by atoms with van der Waals surface area (Å²) < 4.78 is 6.23. The standard InChI is InChI=1S/C15H25NO/c1-2-16-3-4-17-14(1)15-8-11-5-12(9-15)7-13(6-11)10-15/h11-14,16H,1-10H2. The van der Waals surface area contributed by atoms with Gasteiger partial charge in [0.05, 0.1) is 12.7 Å². The summed E-state index contributed by atoms with van der Waals surface area (Å²) in [5.74, 6) is 3.17. The lowest BCUT2D eigenvalue weighted by Crippen LogP contribution is -2.52. The van der Waals surface area contributed by atoms with Crippen molar-refractivity contribution in [3.63, 3.8) is 0 Å². The van der Waals surface area contributed by atoms with Gasteiger partial charge in [0.25, 0.3) is 0 Å². The molecule has 96 valence electrons. The Bertz CT molecular complexity index is 258. The Hall–Kier alpha value is -0.0800. The van der Waals surface area contributed by atoms with E-state index in [-0.39, 0.29) is 0 Å². The quantitative estimate of drug-likeness (QED) is 0.754. The lowest BCUT2D eigenvalue weighted by atomic mass is 9.48. The first-order chi connectivity index (χ1) is 8.34. The summed E-state index contributed by atoms with van der Waals surface area (Å²) in [4.78, 5) is 0. The van der Waals surface area contributed by atoms with Crippen LogP contribution in [0.1, 0.15) is 44.9 Å². The Morgan fingerprint density at radius 2 is 1.53 bits per heavy atom. The van der Waals surface area contributed by atoms with Gasteiger partial charge in [0.2, 0.25) is 0 Å². The molecule has 2 nitrogen and oxygen atoms in total. The number of hydrogen-bond acceptors (Lipinski definition) is 2. The molecule has 4 bridgehead atoms. The summed E-state index contributed by atoms with van der Waals surface area (Å²) in [6, 6.07) is 0. The van der Waals surface area contributed by atoms with Crippen LogP contribution in [0.2, 0.25) is 0 Å². The minimum atomic E-state index is 0.575. The number of nitrogens with one attached hydrogen (secondary N) is 1. The number of rotatable bonds is 1. The fourth-order valence-electron chi connectivity index (χ4n) is 5.77. The van der Waals surface area contributed by atoms with Crippen LogP contribution in [-0.4, -0.2) is 25.8 Å². The minimum absolute atomic E-state index is 0.575. The zero-order valence-corrected chi connectivity index (χ0v) is 10.8. The lowest BCUT2D eigenvalue weighted by Gasteiger charge is -2.59. The normalized spacial score (nSPS) is 53.6. The summed E-state index contributed by atoms with van der Waals surface area (Å²) in [6.07, 6.45) is 10.9. The maximum absolute atomic E-state index is 6.23. The van der Waals surface area contributed by atoms with Crippen molar-refractivity contribution in [2.24, 2.45) is 23.2 Å². The number of hydrogen-bond donors (Lipinski definition) is 1. The third-order valence-electron chi connectivity index (χ3n) is 5.95. The number of ether oxygens (including phenoxy) is 1. The van der Waals surface area contributed by atoms with Crippen molar-refractivity contribution in [3.8, 4) is 0 Å². The fourth-order valence-corrected chi connectivity index (χ4v) is 5.77. The van der Waals surface area contributed by atoms with Gasteiger partial charge in [0.1, 0.15) is 0 Å². The molecule has 1 aliphatic heterocycles. The molecule has 0 amide bonds. The fraction of sp³-hybridized carbons (Fsp3) is 1.00. The van der Waals surface area contributed by atoms with Gasteiger partial charge in [-0.3, -0.25) is 0 Å². The molecule has 0 aromatic rings. The van der Waals surface area contributed by atoms with Crippen LogP contribution < -0.4 is 5.32 Å². The van der Waals surface area contributed by atoms with E-state index in [1.54, 1.807) is 19.3 Å². The van der Waals surface area contributed by atoms with E-state index in [1.165, 1.54) is 32.2 Å². The van der Waals surface area contributed by atoms with Crippen LogP contribution in [0.15, 0.2) is 0 Å². The van der Waals surface area contributed by atoms with Gasteiger partial charge in [-0.15, -0.1) is 0 Å². The molecule has 4 aliphatic carbocycles. The molecule has 1 saturated heterocycles. The maximum atomic E-state index is 6.23. The van der Waals surface area contributed by atoms with Gasteiger partial charge < -0.3 is 10.1 Å². The van der Waals surface area contributed by atoms with Gasteiger partial charge in [-0.2, -0.15) is 0 Å². The Kier molecular flexibility index (Phi) is 2.52. The molecule has 1 atom stereocenters. The molecule has 5 rings (SSSR count). The minimum Gasteiger partial charge on any atom is -0.376 e. The van der Waals surface area contributed by atoms with Crippen molar-refractivity contribution in [1.82, 2.24) is 5.32 Å². The molecule has 4 saturated carbocycles. The molecule has 1 N–H and O–H groups in total. The summed E-state index contributed by atoms with van der Waals surface area (Å²) in [5, 5.41) is 3.48. The third kappa shape index (κ3) is 1.76. The van der Waals surface area contributed by atoms with Crippen molar-refractivity contribution in [2.75, 3.05) is 19.7 Å². The largest absolute Gasteiger partial charge is 0.376 e. The highest BCUT2D eigenvalue weighted by Gasteiger charge is 2.54. The molecule has 17 heavy (non-hydrogen) atoms. The maximum Gasteiger partial charge on any atom is 0.0644 e. The SMILES string of the molecule is C1COC(C23CC4CC(CC(C4)C2)C3)CCN1. The summed E-state index contributed by atoms with van der Waals surface area (Å²) in [6.45, 7) is 3.17. The van der Waals surface area contributed by atoms with Gasteiger partial charge in [-0.25, -0.2) is 0 Å². The van der Waals surface area contributed by atoms with E-state index >= 15 is 0 Å². The molecule has 5 aliphatic rings. The Balaban J connectivity index is 1.58. The van der Waals surface area contributed by atoms with Gasteiger partial charge in [0, 0.05) is 6.54 Å². The van der Waals surface area contributed by atoms with Crippen molar-refractivity contribution in [1.29, 1.82) is 0 Å². The highest BCUT2D eigenvalue weighted by Crippen LogP contribution is 2.62. The van der Waals surface area contributed by atoms with Crippen molar-refractivity contribution in [2.45, 2.75) is 51.0 Å². The molecular weight excluding hydrogens is 210 g/mol. The molecule has 0 radical (unpaired) electrons. The van der Waals surface area contributed by atoms with E-state index in [1.807, 2.05) is 0 Å². The molecule has 2 heteroatoms. The second kappa shape index (κ2) is 3.96.